The van der Waals surface area contributed by atoms with Gasteiger partial charge in [-0.05, 0) is 38.7 Å². The molecule has 1 aromatic rings. The molecule has 3 rings (SSSR count). The minimum Gasteiger partial charge on any atom is -0.396 e. The van der Waals surface area contributed by atoms with Crippen molar-refractivity contribution in [1.29, 1.82) is 0 Å². The predicted octanol–water partition coefficient (Wildman–Crippen LogP) is 1.99. The molecule has 2 aliphatic rings. The maximum absolute atomic E-state index is 9.91. The van der Waals surface area contributed by atoms with Crippen LogP contribution in [-0.2, 0) is 11.3 Å². The second-order valence-corrected chi connectivity index (χ2v) is 8.31. The van der Waals surface area contributed by atoms with Crippen LogP contribution in [0.15, 0.2) is 35.3 Å². The molecule has 2 unspecified atom stereocenters. The third-order valence-corrected chi connectivity index (χ3v) is 6.08. The van der Waals surface area contributed by atoms with Gasteiger partial charge in [0.2, 0.25) is 0 Å². The maximum Gasteiger partial charge on any atom is 0.191 e. The molecule has 0 amide bonds. The average molecular weight is 389 g/mol. The molecule has 0 spiro atoms. The van der Waals surface area contributed by atoms with Crippen LogP contribution in [0.4, 0.5) is 0 Å². The molecule has 6 nitrogen and oxygen atoms in total. The summed E-state index contributed by atoms with van der Waals surface area (Å²) in [7, 11) is 0. The summed E-state index contributed by atoms with van der Waals surface area (Å²) in [5, 5.41) is 16.9. The lowest BCUT2D eigenvalue weighted by Gasteiger charge is -2.34. The van der Waals surface area contributed by atoms with Gasteiger partial charge in [-0.25, -0.2) is 0 Å². The van der Waals surface area contributed by atoms with Crippen LogP contribution in [0, 0.1) is 5.41 Å². The Balaban J connectivity index is 1.57. The molecule has 6 heteroatoms. The molecule has 2 heterocycles. The Morgan fingerprint density at radius 3 is 2.71 bits per heavy atom. The highest BCUT2D eigenvalue weighted by Gasteiger charge is 2.33. The Hall–Kier alpha value is -1.63. The van der Waals surface area contributed by atoms with Gasteiger partial charge in [0.15, 0.2) is 5.96 Å². The summed E-state index contributed by atoms with van der Waals surface area (Å²) in [6.07, 6.45) is 2.85. The highest BCUT2D eigenvalue weighted by Crippen LogP contribution is 2.30. The monoisotopic (exact) mass is 388 g/mol. The van der Waals surface area contributed by atoms with Crippen molar-refractivity contribution in [3.05, 3.63) is 35.9 Å². The number of guanidine groups is 1. The zero-order chi connectivity index (χ0) is 19.8. The van der Waals surface area contributed by atoms with Crippen LogP contribution < -0.4 is 10.6 Å². The van der Waals surface area contributed by atoms with Crippen molar-refractivity contribution in [1.82, 2.24) is 15.5 Å². The lowest BCUT2D eigenvalue weighted by molar-refractivity contribution is -0.0106. The van der Waals surface area contributed by atoms with E-state index in [4.69, 9.17) is 9.73 Å². The van der Waals surface area contributed by atoms with E-state index in [-0.39, 0.29) is 12.0 Å². The molecule has 2 atom stereocenters. The first-order valence-electron chi connectivity index (χ1n) is 10.7. The first-order chi connectivity index (χ1) is 13.6. The molecule has 0 radical (unpaired) electrons. The quantitative estimate of drug-likeness (QED) is 0.492. The van der Waals surface area contributed by atoms with Crippen molar-refractivity contribution in [3.8, 4) is 0 Å². The van der Waals surface area contributed by atoms with Crippen molar-refractivity contribution in [2.24, 2.45) is 10.4 Å². The molecule has 2 fully saturated rings. The summed E-state index contributed by atoms with van der Waals surface area (Å²) in [5.41, 5.74) is 1.23. The first kappa shape index (κ1) is 21.1. The fraction of sp³-hybridized carbons (Fsp3) is 0.682. The number of likely N-dealkylation sites (tertiary alicyclic amines) is 1. The standard InChI is InChI=1S/C22H36N4O2/c1-3-23-21(24-16-22(17-27)9-11-28-12-10-22)25-20-13-18(2)26(15-20)14-19-7-5-4-6-8-19/h4-8,18,20,27H,3,9-17H2,1-2H3,(H2,23,24,25). The molecule has 0 aromatic heterocycles. The Morgan fingerprint density at radius 2 is 2.04 bits per heavy atom. The van der Waals surface area contributed by atoms with E-state index in [2.05, 4.69) is 59.7 Å². The van der Waals surface area contributed by atoms with Gasteiger partial charge in [0.1, 0.15) is 0 Å². The van der Waals surface area contributed by atoms with Gasteiger partial charge in [0.25, 0.3) is 0 Å². The topological polar surface area (TPSA) is 69.1 Å². The van der Waals surface area contributed by atoms with Gasteiger partial charge in [-0.15, -0.1) is 0 Å². The second-order valence-electron chi connectivity index (χ2n) is 8.31. The molecule has 0 aliphatic carbocycles. The molecular weight excluding hydrogens is 352 g/mol. The molecule has 1 aromatic carbocycles. The lowest BCUT2D eigenvalue weighted by atomic mass is 9.81. The highest BCUT2D eigenvalue weighted by molar-refractivity contribution is 5.80. The van der Waals surface area contributed by atoms with Crippen molar-refractivity contribution < 1.29 is 9.84 Å². The van der Waals surface area contributed by atoms with Crippen molar-refractivity contribution in [2.75, 3.05) is 39.5 Å². The molecule has 28 heavy (non-hydrogen) atoms. The third kappa shape index (κ3) is 5.69. The van der Waals surface area contributed by atoms with Gasteiger partial charge < -0.3 is 20.5 Å². The number of benzene rings is 1. The SMILES string of the molecule is CCNC(=NCC1(CO)CCOCC1)NC1CC(C)N(Cc2ccccc2)C1. The summed E-state index contributed by atoms with van der Waals surface area (Å²) >= 11 is 0. The summed E-state index contributed by atoms with van der Waals surface area (Å²) in [4.78, 5) is 7.37. The molecular formula is C22H36N4O2. The molecule has 0 bridgehead atoms. The molecule has 3 N–H and O–H groups in total. The zero-order valence-electron chi connectivity index (χ0n) is 17.4. The van der Waals surface area contributed by atoms with Crippen LogP contribution >= 0.6 is 0 Å². The fourth-order valence-corrected chi connectivity index (χ4v) is 4.17. The van der Waals surface area contributed by atoms with Gasteiger partial charge in [-0.1, -0.05) is 30.3 Å². The number of ether oxygens (including phenoxy) is 1. The van der Waals surface area contributed by atoms with E-state index in [0.717, 1.165) is 44.9 Å². The van der Waals surface area contributed by atoms with Crippen molar-refractivity contribution >= 4 is 5.96 Å². The van der Waals surface area contributed by atoms with E-state index in [9.17, 15) is 5.11 Å². The smallest absolute Gasteiger partial charge is 0.191 e. The Bertz CT molecular complexity index is 616. The number of nitrogens with zero attached hydrogens (tertiary/aromatic N) is 2. The van der Waals surface area contributed by atoms with E-state index in [0.29, 0.717) is 31.8 Å². The Labute approximate surface area is 169 Å². The summed E-state index contributed by atoms with van der Waals surface area (Å²) < 4.78 is 5.46. The number of rotatable bonds is 7. The molecule has 156 valence electrons. The number of hydrogen-bond acceptors (Lipinski definition) is 4. The van der Waals surface area contributed by atoms with E-state index in [1.54, 1.807) is 0 Å². The lowest BCUT2D eigenvalue weighted by Crippen LogP contribution is -2.45. The van der Waals surface area contributed by atoms with Crippen LogP contribution in [0.25, 0.3) is 0 Å². The number of aliphatic imine (C=N–C) groups is 1. The van der Waals surface area contributed by atoms with Gasteiger partial charge >= 0.3 is 0 Å². The molecule has 0 saturated carbocycles. The Morgan fingerprint density at radius 1 is 1.29 bits per heavy atom. The highest BCUT2D eigenvalue weighted by atomic mass is 16.5. The third-order valence-electron chi connectivity index (χ3n) is 6.08. The first-order valence-corrected chi connectivity index (χ1v) is 10.7. The maximum atomic E-state index is 9.91. The normalized spacial score (nSPS) is 25.6. The van der Waals surface area contributed by atoms with Crippen molar-refractivity contribution in [3.63, 3.8) is 0 Å². The van der Waals surface area contributed by atoms with Gasteiger partial charge in [0, 0.05) is 50.3 Å². The Kier molecular flexibility index (Phi) is 7.71. The summed E-state index contributed by atoms with van der Waals surface area (Å²) in [5.74, 6) is 0.862. The van der Waals surface area contributed by atoms with E-state index in [1.807, 2.05) is 0 Å². The minimum atomic E-state index is -0.136. The van der Waals surface area contributed by atoms with Crippen LogP contribution in [-0.4, -0.2) is 67.5 Å². The predicted molar refractivity (Wildman–Crippen MR) is 113 cm³/mol. The number of hydrogen-bond donors (Lipinski definition) is 3. The van der Waals surface area contributed by atoms with Gasteiger partial charge in [-0.2, -0.15) is 0 Å². The van der Waals surface area contributed by atoms with Crippen LogP contribution in [0.5, 0.6) is 0 Å². The van der Waals surface area contributed by atoms with Crippen molar-refractivity contribution in [2.45, 2.75) is 51.7 Å². The fourth-order valence-electron chi connectivity index (χ4n) is 4.17. The van der Waals surface area contributed by atoms with Crippen LogP contribution in [0.2, 0.25) is 0 Å². The number of aliphatic hydroxyl groups is 1. The van der Waals surface area contributed by atoms with E-state index in [1.165, 1.54) is 5.56 Å². The van der Waals surface area contributed by atoms with Gasteiger partial charge in [0.05, 0.1) is 13.2 Å². The van der Waals surface area contributed by atoms with Gasteiger partial charge in [-0.3, -0.25) is 9.89 Å². The molecule has 2 aliphatic heterocycles. The minimum absolute atomic E-state index is 0.136. The van der Waals surface area contributed by atoms with E-state index < -0.39 is 0 Å². The van der Waals surface area contributed by atoms with Crippen LogP contribution in [0.3, 0.4) is 0 Å². The average Bonchev–Trinajstić information content (AvgIpc) is 3.06. The zero-order valence-corrected chi connectivity index (χ0v) is 17.4. The van der Waals surface area contributed by atoms with Crippen LogP contribution in [0.1, 0.15) is 38.7 Å². The summed E-state index contributed by atoms with van der Waals surface area (Å²) in [6.45, 7) is 9.47. The second kappa shape index (κ2) is 10.2. The van der Waals surface area contributed by atoms with E-state index >= 15 is 0 Å². The number of aliphatic hydroxyl groups excluding tert-OH is 1. The molecule has 2 saturated heterocycles. The number of nitrogens with one attached hydrogen (secondary N) is 2. The summed E-state index contributed by atoms with van der Waals surface area (Å²) in [6, 6.07) is 11.6. The largest absolute Gasteiger partial charge is 0.396 e.